The highest BCUT2D eigenvalue weighted by molar-refractivity contribution is 6.31. The molecule has 6 rings (SSSR count). The fourth-order valence-electron chi connectivity index (χ4n) is 5.40. The van der Waals surface area contributed by atoms with Crippen molar-refractivity contribution >= 4 is 51.7 Å². The van der Waals surface area contributed by atoms with Crippen LogP contribution < -0.4 is 20.4 Å². The molecule has 4 aromatic rings. The van der Waals surface area contributed by atoms with Crippen molar-refractivity contribution in [3.05, 3.63) is 65.8 Å². The molecule has 2 aliphatic rings. The number of fused-ring (bicyclic) bond motifs is 1. The molecule has 2 aromatic carbocycles. The molecule has 0 saturated carbocycles. The summed E-state index contributed by atoms with van der Waals surface area (Å²) in [6, 6.07) is 17.9. The molecule has 0 unspecified atom stereocenters. The summed E-state index contributed by atoms with van der Waals surface area (Å²) in [7, 11) is 0. The minimum absolute atomic E-state index is 0.589. The number of hydrogen-bond donors (Lipinski definition) is 2. The van der Waals surface area contributed by atoms with Gasteiger partial charge in [0, 0.05) is 93.4 Å². The summed E-state index contributed by atoms with van der Waals surface area (Å²) in [5.41, 5.74) is 2.95. The molecule has 0 atom stereocenters. The minimum atomic E-state index is 0.589. The van der Waals surface area contributed by atoms with Crippen molar-refractivity contribution in [1.82, 2.24) is 29.7 Å². The van der Waals surface area contributed by atoms with Crippen molar-refractivity contribution in [2.24, 2.45) is 0 Å². The number of rotatable bonds is 9. The monoisotopic (exact) mass is 572 g/mol. The van der Waals surface area contributed by atoms with Gasteiger partial charge in [0.2, 0.25) is 17.8 Å². The van der Waals surface area contributed by atoms with Gasteiger partial charge in [-0.1, -0.05) is 36.7 Å². The Morgan fingerprint density at radius 1 is 0.780 bits per heavy atom. The molecule has 214 valence electrons. The Bertz CT molecular complexity index is 1440. The first-order valence-corrected chi connectivity index (χ1v) is 14.8. The number of benzene rings is 2. The first kappa shape index (κ1) is 27.4. The molecule has 11 heteroatoms. The molecule has 2 N–H and O–H groups in total. The van der Waals surface area contributed by atoms with Crippen LogP contribution in [0.1, 0.15) is 6.92 Å². The van der Waals surface area contributed by atoms with Crippen LogP contribution in [0.25, 0.3) is 10.9 Å². The van der Waals surface area contributed by atoms with E-state index in [-0.39, 0.29) is 0 Å². The van der Waals surface area contributed by atoms with Crippen LogP contribution in [-0.2, 0) is 0 Å². The summed E-state index contributed by atoms with van der Waals surface area (Å²) in [6.45, 7) is 12.6. The van der Waals surface area contributed by atoms with Crippen molar-refractivity contribution in [3.8, 4) is 0 Å². The Balaban J connectivity index is 1.09. The average molecular weight is 573 g/mol. The van der Waals surface area contributed by atoms with Gasteiger partial charge in [0.1, 0.15) is 0 Å². The van der Waals surface area contributed by atoms with Crippen LogP contribution in [0.15, 0.2) is 60.8 Å². The minimum Gasteiger partial charge on any atom is -0.383 e. The Hall–Kier alpha value is -3.73. The van der Waals surface area contributed by atoms with Gasteiger partial charge in [0.05, 0.1) is 5.52 Å². The summed E-state index contributed by atoms with van der Waals surface area (Å²) in [5.74, 6) is 2.08. The molecule has 2 fully saturated rings. The Morgan fingerprint density at radius 3 is 2.15 bits per heavy atom. The van der Waals surface area contributed by atoms with Crippen molar-refractivity contribution in [3.63, 3.8) is 0 Å². The van der Waals surface area contributed by atoms with Gasteiger partial charge in [0.15, 0.2) is 0 Å². The highest BCUT2D eigenvalue weighted by Gasteiger charge is 2.24. The van der Waals surface area contributed by atoms with E-state index in [0.717, 1.165) is 106 Å². The maximum atomic E-state index is 6.15. The van der Waals surface area contributed by atoms with Crippen molar-refractivity contribution < 1.29 is 0 Å². The summed E-state index contributed by atoms with van der Waals surface area (Å²) >= 11 is 6.15. The zero-order valence-electron chi connectivity index (χ0n) is 23.5. The van der Waals surface area contributed by atoms with Gasteiger partial charge < -0.3 is 25.3 Å². The number of halogens is 1. The third kappa shape index (κ3) is 6.78. The summed E-state index contributed by atoms with van der Waals surface area (Å²) < 4.78 is 0. The van der Waals surface area contributed by atoms with Crippen molar-refractivity contribution in [2.75, 3.05) is 92.4 Å². The number of likely N-dealkylation sites (N-methyl/N-ethyl adjacent to an activating group) is 1. The standard InChI is InChI=1S/C30H37ClN10/c1-2-38-14-18-40(19-15-38)29-35-28(34-24-6-4-3-5-7-24)36-30(37-29)41-20-16-39(17-21-41)13-12-33-26-10-11-32-27-22-23(31)8-9-25(26)27/h3-11,22H,2,12-21H2,1H3,(H,32,33)(H,34,35,36,37). The van der Waals surface area contributed by atoms with Gasteiger partial charge in [0.25, 0.3) is 0 Å². The van der Waals surface area contributed by atoms with E-state index in [2.05, 4.69) is 42.1 Å². The molecule has 2 saturated heterocycles. The van der Waals surface area contributed by atoms with Gasteiger partial charge in [-0.2, -0.15) is 15.0 Å². The van der Waals surface area contributed by atoms with Gasteiger partial charge in [-0.25, -0.2) is 0 Å². The predicted molar refractivity (Wildman–Crippen MR) is 168 cm³/mol. The largest absolute Gasteiger partial charge is 0.383 e. The number of pyridine rings is 1. The number of nitrogens with zero attached hydrogens (tertiary/aromatic N) is 8. The lowest BCUT2D eigenvalue weighted by Crippen LogP contribution is -2.49. The molecule has 4 heterocycles. The van der Waals surface area contributed by atoms with E-state index in [4.69, 9.17) is 26.6 Å². The second-order valence-corrected chi connectivity index (χ2v) is 10.9. The Kier molecular flexibility index (Phi) is 8.60. The quantitative estimate of drug-likeness (QED) is 0.304. The second-order valence-electron chi connectivity index (χ2n) is 10.4. The summed E-state index contributed by atoms with van der Waals surface area (Å²) in [4.78, 5) is 28.6. The van der Waals surface area contributed by atoms with E-state index in [1.807, 2.05) is 60.8 Å². The molecule has 2 aromatic heterocycles. The summed E-state index contributed by atoms with van der Waals surface area (Å²) in [5, 5.41) is 8.77. The smallest absolute Gasteiger partial charge is 0.233 e. The fraction of sp³-hybridized carbons (Fsp3) is 0.400. The Morgan fingerprint density at radius 2 is 1.46 bits per heavy atom. The normalized spacial score (nSPS) is 16.7. The molecular formula is C30H37ClN10. The van der Waals surface area contributed by atoms with Gasteiger partial charge in [-0.3, -0.25) is 9.88 Å². The van der Waals surface area contributed by atoms with E-state index in [1.165, 1.54) is 0 Å². The van der Waals surface area contributed by atoms with E-state index in [9.17, 15) is 0 Å². The van der Waals surface area contributed by atoms with Crippen LogP contribution in [0.2, 0.25) is 5.02 Å². The zero-order valence-corrected chi connectivity index (χ0v) is 24.3. The number of piperazine rings is 2. The molecule has 41 heavy (non-hydrogen) atoms. The lowest BCUT2D eigenvalue weighted by molar-refractivity contribution is 0.265. The molecule has 0 aliphatic carbocycles. The highest BCUT2D eigenvalue weighted by Crippen LogP contribution is 2.25. The number of nitrogens with one attached hydrogen (secondary N) is 2. The van der Waals surface area contributed by atoms with Crippen LogP contribution in [0, 0.1) is 0 Å². The second kappa shape index (κ2) is 12.8. The van der Waals surface area contributed by atoms with Crippen LogP contribution in [0.4, 0.5) is 29.2 Å². The SMILES string of the molecule is CCN1CCN(c2nc(Nc3ccccc3)nc(N3CCN(CCNc4ccnc5cc(Cl)ccc45)CC3)n2)CC1. The molecule has 10 nitrogen and oxygen atoms in total. The van der Waals surface area contributed by atoms with Crippen molar-refractivity contribution in [2.45, 2.75) is 6.92 Å². The molecular weight excluding hydrogens is 536 g/mol. The van der Waals surface area contributed by atoms with Crippen LogP contribution in [-0.4, -0.2) is 102 Å². The number of hydrogen-bond acceptors (Lipinski definition) is 10. The van der Waals surface area contributed by atoms with E-state index in [1.54, 1.807) is 0 Å². The van der Waals surface area contributed by atoms with E-state index >= 15 is 0 Å². The zero-order chi connectivity index (χ0) is 28.0. The van der Waals surface area contributed by atoms with E-state index < -0.39 is 0 Å². The maximum absolute atomic E-state index is 6.15. The molecule has 0 spiro atoms. The average Bonchev–Trinajstić information content (AvgIpc) is 3.02. The molecule has 0 amide bonds. The number of aromatic nitrogens is 4. The first-order chi connectivity index (χ1) is 20.1. The molecule has 2 aliphatic heterocycles. The number of anilines is 5. The predicted octanol–water partition coefficient (Wildman–Crippen LogP) is 4.19. The summed E-state index contributed by atoms with van der Waals surface area (Å²) in [6.07, 6.45) is 1.83. The van der Waals surface area contributed by atoms with Crippen LogP contribution >= 0.6 is 11.6 Å². The fourth-order valence-corrected chi connectivity index (χ4v) is 5.57. The third-order valence-corrected chi connectivity index (χ3v) is 8.08. The van der Waals surface area contributed by atoms with Gasteiger partial charge >= 0.3 is 0 Å². The number of para-hydroxylation sites is 1. The van der Waals surface area contributed by atoms with Crippen molar-refractivity contribution in [1.29, 1.82) is 0 Å². The van der Waals surface area contributed by atoms with E-state index in [0.29, 0.717) is 11.0 Å². The Labute approximate surface area is 246 Å². The first-order valence-electron chi connectivity index (χ1n) is 14.5. The highest BCUT2D eigenvalue weighted by atomic mass is 35.5. The van der Waals surface area contributed by atoms with Crippen LogP contribution in [0.3, 0.4) is 0 Å². The topological polar surface area (TPSA) is 88.6 Å². The third-order valence-electron chi connectivity index (χ3n) is 7.85. The van der Waals surface area contributed by atoms with Crippen LogP contribution in [0.5, 0.6) is 0 Å². The molecule has 0 radical (unpaired) electrons. The van der Waals surface area contributed by atoms with Gasteiger partial charge in [-0.15, -0.1) is 0 Å². The lowest BCUT2D eigenvalue weighted by Gasteiger charge is -2.36. The van der Waals surface area contributed by atoms with Gasteiger partial charge in [-0.05, 0) is 42.9 Å². The maximum Gasteiger partial charge on any atom is 0.233 e. The molecule has 0 bridgehead atoms. The lowest BCUT2D eigenvalue weighted by atomic mass is 10.2.